The molecule has 0 aromatic heterocycles. The maximum Gasteiger partial charge on any atom is 0.281 e. The fourth-order valence-electron chi connectivity index (χ4n) is 1.75. The molecule has 1 rings (SSSR count). The van der Waals surface area contributed by atoms with Crippen molar-refractivity contribution in [3.63, 3.8) is 0 Å². The number of rotatable bonds is 7. The van der Waals surface area contributed by atoms with E-state index in [0.29, 0.717) is 26.2 Å². The highest BCUT2D eigenvalue weighted by atomic mass is 32.2. The molecule has 1 aliphatic rings. The number of nitriles is 2. The van der Waals surface area contributed by atoms with Crippen LogP contribution in [0.25, 0.3) is 0 Å². The Kier molecular flexibility index (Phi) is 6.76. The maximum absolute atomic E-state index is 12.0. The van der Waals surface area contributed by atoms with E-state index in [4.69, 9.17) is 10.5 Å². The van der Waals surface area contributed by atoms with Crippen LogP contribution in [0.1, 0.15) is 19.3 Å². The standard InChI is InChI=1S/C12H16N4O2S/c13-4-1-6-15(7-2-5-14)11(17)3-8-16-9-10-19-12(16)18/h1-3,6-10H2. The molecule has 0 spiro atoms. The number of carbonyl (C=O) groups excluding carboxylic acids is 2. The molecule has 1 aliphatic heterocycles. The molecule has 1 heterocycles. The Morgan fingerprint density at radius 2 is 1.95 bits per heavy atom. The molecule has 1 fully saturated rings. The van der Waals surface area contributed by atoms with Gasteiger partial charge in [-0.25, -0.2) is 0 Å². The van der Waals surface area contributed by atoms with E-state index in [1.807, 2.05) is 12.1 Å². The number of hydrogen-bond acceptors (Lipinski definition) is 5. The van der Waals surface area contributed by atoms with Gasteiger partial charge in [0.05, 0.1) is 25.0 Å². The van der Waals surface area contributed by atoms with Crippen LogP contribution >= 0.6 is 11.8 Å². The summed E-state index contributed by atoms with van der Waals surface area (Å²) in [5.41, 5.74) is 0. The Bertz CT molecular complexity index is 395. The van der Waals surface area contributed by atoms with Gasteiger partial charge in [-0.2, -0.15) is 10.5 Å². The summed E-state index contributed by atoms with van der Waals surface area (Å²) in [7, 11) is 0. The zero-order chi connectivity index (χ0) is 14.1. The summed E-state index contributed by atoms with van der Waals surface area (Å²) in [6.45, 7) is 1.80. The Morgan fingerprint density at radius 1 is 1.32 bits per heavy atom. The normalized spacial score (nSPS) is 14.0. The van der Waals surface area contributed by atoms with Crippen molar-refractivity contribution in [3.8, 4) is 12.1 Å². The SMILES string of the molecule is N#CCCN(CCC#N)C(=O)CCN1CCSC1=O. The molecule has 0 atom stereocenters. The minimum Gasteiger partial charge on any atom is -0.341 e. The van der Waals surface area contributed by atoms with Crippen LogP contribution in [0.4, 0.5) is 4.79 Å². The molecule has 1 saturated heterocycles. The van der Waals surface area contributed by atoms with Gasteiger partial charge in [0.15, 0.2) is 0 Å². The fraction of sp³-hybridized carbons (Fsp3) is 0.667. The molecule has 7 heteroatoms. The molecule has 2 amide bonds. The van der Waals surface area contributed by atoms with Crippen LogP contribution in [0.3, 0.4) is 0 Å². The van der Waals surface area contributed by atoms with Gasteiger partial charge in [0.2, 0.25) is 5.91 Å². The van der Waals surface area contributed by atoms with Crippen LogP contribution in [-0.2, 0) is 4.79 Å². The summed E-state index contributed by atoms with van der Waals surface area (Å²) >= 11 is 1.27. The molecule has 0 saturated carbocycles. The van der Waals surface area contributed by atoms with E-state index in [1.165, 1.54) is 16.7 Å². The number of thioether (sulfide) groups is 1. The first kappa shape index (κ1) is 15.3. The van der Waals surface area contributed by atoms with E-state index in [9.17, 15) is 9.59 Å². The Labute approximate surface area is 116 Å². The predicted octanol–water partition coefficient (Wildman–Crippen LogP) is 1.20. The Balaban J connectivity index is 2.40. The molecule has 102 valence electrons. The third-order valence-electron chi connectivity index (χ3n) is 2.78. The zero-order valence-corrected chi connectivity index (χ0v) is 11.5. The average molecular weight is 280 g/mol. The van der Waals surface area contributed by atoms with Crippen molar-refractivity contribution in [1.82, 2.24) is 9.80 Å². The van der Waals surface area contributed by atoms with E-state index in [1.54, 1.807) is 4.90 Å². The number of hydrogen-bond donors (Lipinski definition) is 0. The second-order valence-electron chi connectivity index (χ2n) is 4.05. The van der Waals surface area contributed by atoms with Crippen molar-refractivity contribution >= 4 is 22.9 Å². The second kappa shape index (κ2) is 8.39. The molecule has 0 aromatic carbocycles. The van der Waals surface area contributed by atoms with Gasteiger partial charge in [-0.3, -0.25) is 9.59 Å². The van der Waals surface area contributed by atoms with Crippen molar-refractivity contribution in [2.45, 2.75) is 19.3 Å². The molecule has 0 unspecified atom stereocenters. The van der Waals surface area contributed by atoms with Crippen molar-refractivity contribution in [1.29, 1.82) is 10.5 Å². The van der Waals surface area contributed by atoms with Crippen LogP contribution in [0.2, 0.25) is 0 Å². The van der Waals surface area contributed by atoms with Gasteiger partial charge in [-0.05, 0) is 0 Å². The molecule has 19 heavy (non-hydrogen) atoms. The minimum atomic E-state index is -0.102. The van der Waals surface area contributed by atoms with Crippen LogP contribution in [0, 0.1) is 22.7 Å². The van der Waals surface area contributed by atoms with Crippen molar-refractivity contribution in [2.24, 2.45) is 0 Å². The van der Waals surface area contributed by atoms with Crippen LogP contribution in [0.15, 0.2) is 0 Å². The highest BCUT2D eigenvalue weighted by Crippen LogP contribution is 2.17. The third-order valence-corrected chi connectivity index (χ3v) is 3.67. The van der Waals surface area contributed by atoms with Gasteiger partial charge >= 0.3 is 0 Å². The quantitative estimate of drug-likeness (QED) is 0.699. The average Bonchev–Trinajstić information content (AvgIpc) is 2.82. The summed E-state index contributed by atoms with van der Waals surface area (Å²) in [5, 5.41) is 17.1. The lowest BCUT2D eigenvalue weighted by Gasteiger charge is -2.22. The first-order valence-electron chi connectivity index (χ1n) is 6.12. The molecule has 0 aliphatic carbocycles. The van der Waals surface area contributed by atoms with Crippen molar-refractivity contribution < 1.29 is 9.59 Å². The summed E-state index contributed by atoms with van der Waals surface area (Å²) in [6.07, 6.45) is 0.772. The van der Waals surface area contributed by atoms with Gasteiger partial charge in [-0.1, -0.05) is 11.8 Å². The van der Waals surface area contributed by atoms with Crippen molar-refractivity contribution in [2.75, 3.05) is 31.9 Å². The van der Waals surface area contributed by atoms with E-state index in [-0.39, 0.29) is 30.4 Å². The van der Waals surface area contributed by atoms with Gasteiger partial charge in [-0.15, -0.1) is 0 Å². The van der Waals surface area contributed by atoms with Gasteiger partial charge in [0, 0.05) is 38.4 Å². The van der Waals surface area contributed by atoms with Crippen LogP contribution in [0.5, 0.6) is 0 Å². The zero-order valence-electron chi connectivity index (χ0n) is 10.7. The number of nitrogens with zero attached hydrogens (tertiary/aromatic N) is 4. The first-order valence-corrected chi connectivity index (χ1v) is 7.11. The molecule has 6 nitrogen and oxygen atoms in total. The summed E-state index contributed by atoms with van der Waals surface area (Å²) in [4.78, 5) is 26.5. The Morgan fingerprint density at radius 3 is 2.42 bits per heavy atom. The molecule has 0 N–H and O–H groups in total. The Hall–Kier alpha value is -1.73. The third kappa shape index (κ3) is 5.19. The highest BCUT2D eigenvalue weighted by molar-refractivity contribution is 8.13. The van der Waals surface area contributed by atoms with Gasteiger partial charge in [0.25, 0.3) is 5.24 Å². The molecular weight excluding hydrogens is 264 g/mol. The molecule has 0 radical (unpaired) electrons. The first-order chi connectivity index (χ1) is 9.19. The van der Waals surface area contributed by atoms with E-state index >= 15 is 0 Å². The second-order valence-corrected chi connectivity index (χ2v) is 5.09. The largest absolute Gasteiger partial charge is 0.341 e. The molecular formula is C12H16N4O2S. The lowest BCUT2D eigenvalue weighted by Crippen LogP contribution is -2.36. The van der Waals surface area contributed by atoms with Crippen LogP contribution < -0.4 is 0 Å². The van der Waals surface area contributed by atoms with Gasteiger partial charge in [0.1, 0.15) is 0 Å². The van der Waals surface area contributed by atoms with Crippen molar-refractivity contribution in [3.05, 3.63) is 0 Å². The lowest BCUT2D eigenvalue weighted by molar-refractivity contribution is -0.131. The topological polar surface area (TPSA) is 88.2 Å². The summed E-state index contributed by atoms with van der Waals surface area (Å²) in [6, 6.07) is 3.98. The number of amides is 2. The minimum absolute atomic E-state index is 0.0217. The van der Waals surface area contributed by atoms with E-state index < -0.39 is 0 Å². The molecule has 0 aromatic rings. The lowest BCUT2D eigenvalue weighted by atomic mass is 10.3. The smallest absolute Gasteiger partial charge is 0.281 e. The predicted molar refractivity (Wildman–Crippen MR) is 71.1 cm³/mol. The number of carbonyl (C=O) groups is 2. The van der Waals surface area contributed by atoms with E-state index in [2.05, 4.69) is 0 Å². The fourth-order valence-corrected chi connectivity index (χ4v) is 2.60. The van der Waals surface area contributed by atoms with Gasteiger partial charge < -0.3 is 9.80 Å². The highest BCUT2D eigenvalue weighted by Gasteiger charge is 2.22. The van der Waals surface area contributed by atoms with E-state index in [0.717, 1.165) is 5.75 Å². The summed E-state index contributed by atoms with van der Waals surface area (Å²) < 4.78 is 0. The summed E-state index contributed by atoms with van der Waals surface area (Å²) in [5.74, 6) is 0.676. The molecule has 0 bridgehead atoms. The van der Waals surface area contributed by atoms with Crippen LogP contribution in [-0.4, -0.2) is 52.9 Å². The monoisotopic (exact) mass is 280 g/mol. The maximum atomic E-state index is 12.0.